The van der Waals surface area contributed by atoms with Gasteiger partial charge in [-0.15, -0.1) is 0 Å². The second kappa shape index (κ2) is 4.21. The van der Waals surface area contributed by atoms with Gasteiger partial charge in [0.2, 0.25) is 0 Å². The third-order valence-corrected chi connectivity index (χ3v) is 3.61. The van der Waals surface area contributed by atoms with E-state index in [4.69, 9.17) is 0 Å². The first-order valence-corrected chi connectivity index (χ1v) is 6.36. The monoisotopic (exact) mass is 217 g/mol. The lowest BCUT2D eigenvalue weighted by Crippen LogP contribution is -2.35. The molecular weight excluding hydrogens is 194 g/mol. The van der Waals surface area contributed by atoms with Gasteiger partial charge in [0.25, 0.3) is 0 Å². The van der Waals surface area contributed by atoms with E-state index in [1.165, 1.54) is 24.0 Å². The van der Waals surface area contributed by atoms with E-state index >= 15 is 0 Å². The fraction of sp³-hybridized carbons (Fsp3) is 0.600. The van der Waals surface area contributed by atoms with Crippen molar-refractivity contribution in [2.24, 2.45) is 0 Å². The van der Waals surface area contributed by atoms with Crippen molar-refractivity contribution >= 4 is 0 Å². The highest BCUT2D eigenvalue weighted by Crippen LogP contribution is 2.27. The van der Waals surface area contributed by atoms with Crippen LogP contribution in [0.15, 0.2) is 18.2 Å². The highest BCUT2D eigenvalue weighted by Gasteiger charge is 2.19. The number of hydrogen-bond acceptors (Lipinski definition) is 1. The molecule has 0 amide bonds. The topological polar surface area (TPSA) is 12.0 Å². The highest BCUT2D eigenvalue weighted by atomic mass is 14.9. The number of benzene rings is 1. The van der Waals surface area contributed by atoms with Gasteiger partial charge < -0.3 is 5.32 Å². The van der Waals surface area contributed by atoms with Gasteiger partial charge in [0.15, 0.2) is 0 Å². The largest absolute Gasteiger partial charge is 0.310 e. The molecule has 0 aliphatic carbocycles. The van der Waals surface area contributed by atoms with E-state index in [1.807, 2.05) is 0 Å². The minimum absolute atomic E-state index is 0.261. The van der Waals surface area contributed by atoms with E-state index in [1.54, 1.807) is 5.56 Å². The van der Waals surface area contributed by atoms with Crippen LogP contribution < -0.4 is 5.32 Å². The molecule has 0 fully saturated rings. The molecular formula is C15H23N. The molecule has 1 aromatic carbocycles. The molecule has 0 saturated heterocycles. The third kappa shape index (κ3) is 2.30. The smallest absolute Gasteiger partial charge is 0.0211 e. The molecule has 0 aromatic heterocycles. The average Bonchev–Trinajstić information content (AvgIpc) is 2.26. The third-order valence-electron chi connectivity index (χ3n) is 3.61. The van der Waals surface area contributed by atoms with Crippen LogP contribution in [0, 0.1) is 0 Å². The van der Waals surface area contributed by atoms with Gasteiger partial charge in [-0.25, -0.2) is 0 Å². The van der Waals surface area contributed by atoms with Crippen molar-refractivity contribution < 1.29 is 0 Å². The van der Waals surface area contributed by atoms with E-state index in [0.717, 1.165) is 6.54 Å². The van der Waals surface area contributed by atoms with Crippen LogP contribution in [0.25, 0.3) is 0 Å². The zero-order chi connectivity index (χ0) is 11.8. The molecule has 1 heteroatoms. The normalized spacial score (nSPS) is 20.6. The van der Waals surface area contributed by atoms with E-state index in [2.05, 4.69) is 51.2 Å². The second-order valence-corrected chi connectivity index (χ2v) is 5.92. The Morgan fingerprint density at radius 3 is 2.62 bits per heavy atom. The van der Waals surface area contributed by atoms with Gasteiger partial charge in [-0.05, 0) is 34.9 Å². The van der Waals surface area contributed by atoms with Crippen LogP contribution in [0.4, 0.5) is 0 Å². The number of rotatable bonds is 1. The minimum Gasteiger partial charge on any atom is -0.310 e. The number of hydrogen-bond donors (Lipinski definition) is 1. The Labute approximate surface area is 99.3 Å². The standard InChI is InChI=1S/C15H23N/c1-5-14-9-11-6-7-13(15(2,3)4)8-12(11)10-16-14/h6-8,14,16H,5,9-10H2,1-4H3. The Bertz CT molecular complexity index is 374. The highest BCUT2D eigenvalue weighted by molar-refractivity contribution is 5.37. The molecule has 2 rings (SSSR count). The molecule has 0 spiro atoms. The van der Waals surface area contributed by atoms with Gasteiger partial charge in [0.1, 0.15) is 0 Å². The van der Waals surface area contributed by atoms with Crippen LogP contribution in [-0.2, 0) is 18.4 Å². The fourth-order valence-electron chi connectivity index (χ4n) is 2.34. The van der Waals surface area contributed by atoms with E-state index in [9.17, 15) is 0 Å². The molecule has 1 aliphatic heterocycles. The predicted molar refractivity (Wildman–Crippen MR) is 69.8 cm³/mol. The molecule has 1 heterocycles. The van der Waals surface area contributed by atoms with Crippen molar-refractivity contribution in [1.29, 1.82) is 0 Å². The Hall–Kier alpha value is -0.820. The van der Waals surface area contributed by atoms with E-state index < -0.39 is 0 Å². The maximum absolute atomic E-state index is 3.60. The van der Waals surface area contributed by atoms with Crippen LogP contribution in [0.5, 0.6) is 0 Å². The quantitative estimate of drug-likeness (QED) is 0.760. The van der Waals surface area contributed by atoms with E-state index in [-0.39, 0.29) is 5.41 Å². The first kappa shape index (κ1) is 11.7. The Morgan fingerprint density at radius 2 is 2.00 bits per heavy atom. The minimum atomic E-state index is 0.261. The van der Waals surface area contributed by atoms with Crippen LogP contribution in [-0.4, -0.2) is 6.04 Å². The van der Waals surface area contributed by atoms with Gasteiger partial charge in [-0.1, -0.05) is 45.9 Å². The van der Waals surface area contributed by atoms with Crippen molar-refractivity contribution in [2.45, 2.75) is 58.5 Å². The van der Waals surface area contributed by atoms with Crippen LogP contribution >= 0.6 is 0 Å². The Balaban J connectivity index is 2.28. The Morgan fingerprint density at radius 1 is 1.25 bits per heavy atom. The van der Waals surface area contributed by atoms with Gasteiger partial charge in [0, 0.05) is 12.6 Å². The van der Waals surface area contributed by atoms with Crippen molar-refractivity contribution in [2.75, 3.05) is 0 Å². The summed E-state index contributed by atoms with van der Waals surface area (Å²) >= 11 is 0. The van der Waals surface area contributed by atoms with Crippen LogP contribution in [0.2, 0.25) is 0 Å². The van der Waals surface area contributed by atoms with Gasteiger partial charge in [-0.3, -0.25) is 0 Å². The maximum Gasteiger partial charge on any atom is 0.0211 e. The summed E-state index contributed by atoms with van der Waals surface area (Å²) in [5, 5.41) is 3.60. The molecule has 88 valence electrons. The maximum atomic E-state index is 3.60. The van der Waals surface area contributed by atoms with Crippen LogP contribution in [0.3, 0.4) is 0 Å². The lowest BCUT2D eigenvalue weighted by atomic mass is 9.83. The summed E-state index contributed by atoms with van der Waals surface area (Å²) in [6, 6.07) is 7.69. The zero-order valence-electron chi connectivity index (χ0n) is 10.9. The van der Waals surface area contributed by atoms with Crippen LogP contribution in [0.1, 0.15) is 50.8 Å². The van der Waals surface area contributed by atoms with Crippen molar-refractivity contribution in [3.8, 4) is 0 Å². The lowest BCUT2D eigenvalue weighted by Gasteiger charge is -2.28. The molecule has 1 nitrogen and oxygen atoms in total. The molecule has 0 bridgehead atoms. The summed E-state index contributed by atoms with van der Waals surface area (Å²) in [5.74, 6) is 0. The summed E-state index contributed by atoms with van der Waals surface area (Å²) in [5.41, 5.74) is 4.75. The number of nitrogens with one attached hydrogen (secondary N) is 1. The van der Waals surface area contributed by atoms with Gasteiger partial charge in [-0.2, -0.15) is 0 Å². The molecule has 16 heavy (non-hydrogen) atoms. The number of fused-ring (bicyclic) bond motifs is 1. The summed E-state index contributed by atoms with van der Waals surface area (Å²) in [4.78, 5) is 0. The molecule has 0 saturated carbocycles. The van der Waals surface area contributed by atoms with Crippen molar-refractivity contribution in [3.05, 3.63) is 34.9 Å². The summed E-state index contributed by atoms with van der Waals surface area (Å²) in [6.07, 6.45) is 2.41. The van der Waals surface area contributed by atoms with Crippen molar-refractivity contribution in [1.82, 2.24) is 5.32 Å². The van der Waals surface area contributed by atoms with Crippen molar-refractivity contribution in [3.63, 3.8) is 0 Å². The SMILES string of the molecule is CCC1Cc2ccc(C(C)(C)C)cc2CN1. The lowest BCUT2D eigenvalue weighted by molar-refractivity contribution is 0.466. The second-order valence-electron chi connectivity index (χ2n) is 5.92. The molecule has 1 aromatic rings. The first-order chi connectivity index (χ1) is 7.50. The summed E-state index contributed by atoms with van der Waals surface area (Å²) in [6.45, 7) is 10.1. The van der Waals surface area contributed by atoms with Gasteiger partial charge in [0.05, 0.1) is 0 Å². The molecule has 0 radical (unpaired) electrons. The average molecular weight is 217 g/mol. The summed E-state index contributed by atoms with van der Waals surface area (Å²) in [7, 11) is 0. The molecule has 1 unspecified atom stereocenters. The molecule has 1 aliphatic rings. The summed E-state index contributed by atoms with van der Waals surface area (Å²) < 4.78 is 0. The van der Waals surface area contributed by atoms with Gasteiger partial charge >= 0.3 is 0 Å². The van der Waals surface area contributed by atoms with E-state index in [0.29, 0.717) is 6.04 Å². The zero-order valence-corrected chi connectivity index (χ0v) is 10.9. The molecule has 1 atom stereocenters. The predicted octanol–water partition coefficient (Wildman–Crippen LogP) is 3.41. The fourth-order valence-corrected chi connectivity index (χ4v) is 2.34. The molecule has 1 N–H and O–H groups in total. The first-order valence-electron chi connectivity index (χ1n) is 6.36. The Kier molecular flexibility index (Phi) is 3.07.